The number of urea groups is 1. The summed E-state index contributed by atoms with van der Waals surface area (Å²) in [5, 5.41) is 5.57. The predicted molar refractivity (Wildman–Crippen MR) is 75.3 cm³/mol. The molecule has 20 heavy (non-hydrogen) atoms. The van der Waals surface area contributed by atoms with Gasteiger partial charge in [-0.05, 0) is 18.6 Å². The normalized spacial score (nSPS) is 18.4. The van der Waals surface area contributed by atoms with Crippen LogP contribution in [0.15, 0.2) is 18.2 Å². The van der Waals surface area contributed by atoms with Gasteiger partial charge in [0.1, 0.15) is 5.75 Å². The Kier molecular flexibility index (Phi) is 5.20. The number of nitrogens with one attached hydrogen (secondary N) is 2. The van der Waals surface area contributed by atoms with Crippen LogP contribution in [-0.2, 0) is 9.47 Å². The van der Waals surface area contributed by atoms with E-state index in [0.29, 0.717) is 37.8 Å². The highest BCUT2D eigenvalue weighted by molar-refractivity contribution is 5.91. The molecule has 2 amide bonds. The van der Waals surface area contributed by atoms with Gasteiger partial charge in [0, 0.05) is 6.54 Å². The number of anilines is 1. The Morgan fingerprint density at radius 2 is 2.30 bits per heavy atom. The largest absolute Gasteiger partial charge is 0.495 e. The van der Waals surface area contributed by atoms with Crippen LogP contribution in [0.25, 0.3) is 0 Å². The van der Waals surface area contributed by atoms with Crippen LogP contribution in [0.2, 0.25) is 0 Å². The molecule has 1 aromatic rings. The zero-order valence-corrected chi connectivity index (χ0v) is 11.8. The molecular formula is C14H20N2O4. The van der Waals surface area contributed by atoms with Crippen molar-refractivity contribution in [1.29, 1.82) is 0 Å². The lowest BCUT2D eigenvalue weighted by Gasteiger charge is -2.23. The number of aryl methyl sites for hydroxylation is 1. The molecule has 2 N–H and O–H groups in total. The number of carbonyl (C=O) groups excluding carboxylic acids is 1. The standard InChI is InChI=1S/C14H20N2O4/c1-10-4-3-5-12(18-2)13(10)16-14(17)15-8-11-9-19-6-7-20-11/h3-5,11H,6-9H2,1-2H3,(H2,15,16,17)/t11-/m0/s1. The van der Waals surface area contributed by atoms with E-state index in [4.69, 9.17) is 14.2 Å². The second kappa shape index (κ2) is 7.12. The number of amides is 2. The van der Waals surface area contributed by atoms with Crippen molar-refractivity contribution in [2.24, 2.45) is 0 Å². The molecule has 110 valence electrons. The molecular weight excluding hydrogens is 260 g/mol. The van der Waals surface area contributed by atoms with Crippen LogP contribution in [-0.4, -0.2) is 45.6 Å². The van der Waals surface area contributed by atoms with Crippen LogP contribution in [0.4, 0.5) is 10.5 Å². The molecule has 1 saturated heterocycles. The summed E-state index contributed by atoms with van der Waals surface area (Å²) in [6.45, 7) is 4.02. The summed E-state index contributed by atoms with van der Waals surface area (Å²) in [5.41, 5.74) is 1.62. The molecule has 6 heteroatoms. The molecule has 0 aliphatic carbocycles. The first kappa shape index (κ1) is 14.6. The zero-order valence-electron chi connectivity index (χ0n) is 11.8. The first-order valence-electron chi connectivity index (χ1n) is 6.58. The van der Waals surface area contributed by atoms with Gasteiger partial charge in [0.2, 0.25) is 0 Å². The molecule has 1 aliphatic rings. The van der Waals surface area contributed by atoms with Crippen molar-refractivity contribution >= 4 is 11.7 Å². The molecule has 1 aromatic carbocycles. The molecule has 1 aliphatic heterocycles. The van der Waals surface area contributed by atoms with Gasteiger partial charge in [-0.1, -0.05) is 12.1 Å². The molecule has 0 saturated carbocycles. The van der Waals surface area contributed by atoms with E-state index in [1.165, 1.54) is 0 Å². The van der Waals surface area contributed by atoms with Crippen molar-refractivity contribution in [2.45, 2.75) is 13.0 Å². The molecule has 0 aromatic heterocycles. The summed E-state index contributed by atoms with van der Waals surface area (Å²) in [7, 11) is 1.57. The van der Waals surface area contributed by atoms with Gasteiger partial charge in [-0.3, -0.25) is 0 Å². The maximum Gasteiger partial charge on any atom is 0.319 e. The summed E-state index contributed by atoms with van der Waals surface area (Å²) < 4.78 is 16.0. The number of carbonyl (C=O) groups is 1. The highest BCUT2D eigenvalue weighted by Gasteiger charge is 2.16. The van der Waals surface area contributed by atoms with Gasteiger partial charge in [-0.2, -0.15) is 0 Å². The molecule has 6 nitrogen and oxygen atoms in total. The van der Waals surface area contributed by atoms with Crippen LogP contribution < -0.4 is 15.4 Å². The van der Waals surface area contributed by atoms with Crippen LogP contribution in [0.1, 0.15) is 5.56 Å². The SMILES string of the molecule is COc1cccc(C)c1NC(=O)NC[C@H]1COCCO1. The van der Waals surface area contributed by atoms with Gasteiger partial charge in [-0.15, -0.1) is 0 Å². The number of para-hydroxylation sites is 1. The van der Waals surface area contributed by atoms with E-state index in [-0.39, 0.29) is 12.1 Å². The van der Waals surface area contributed by atoms with Crippen LogP contribution in [0.5, 0.6) is 5.75 Å². The fourth-order valence-corrected chi connectivity index (χ4v) is 1.99. The highest BCUT2D eigenvalue weighted by Crippen LogP contribution is 2.27. The lowest BCUT2D eigenvalue weighted by molar-refractivity contribution is -0.0852. The average Bonchev–Trinajstić information content (AvgIpc) is 2.48. The summed E-state index contributed by atoms with van der Waals surface area (Å²) in [4.78, 5) is 11.9. The third-order valence-electron chi connectivity index (χ3n) is 3.07. The van der Waals surface area contributed by atoms with Crippen LogP contribution in [0.3, 0.4) is 0 Å². The molecule has 2 rings (SSSR count). The Hall–Kier alpha value is -1.79. The number of rotatable bonds is 4. The maximum atomic E-state index is 11.9. The fourth-order valence-electron chi connectivity index (χ4n) is 1.99. The third-order valence-corrected chi connectivity index (χ3v) is 3.07. The monoisotopic (exact) mass is 280 g/mol. The zero-order chi connectivity index (χ0) is 14.4. The highest BCUT2D eigenvalue weighted by atomic mass is 16.6. The Morgan fingerprint density at radius 1 is 1.45 bits per heavy atom. The molecule has 0 spiro atoms. The minimum atomic E-state index is -0.285. The molecule has 0 radical (unpaired) electrons. The number of hydrogen-bond acceptors (Lipinski definition) is 4. The van der Waals surface area contributed by atoms with Crippen LogP contribution in [0, 0.1) is 6.92 Å². The van der Waals surface area contributed by atoms with E-state index in [1.54, 1.807) is 13.2 Å². The molecule has 1 heterocycles. The van der Waals surface area contributed by atoms with E-state index < -0.39 is 0 Å². The molecule has 1 fully saturated rings. The van der Waals surface area contributed by atoms with Crippen molar-refractivity contribution in [1.82, 2.24) is 5.32 Å². The predicted octanol–water partition coefficient (Wildman–Crippen LogP) is 1.54. The minimum Gasteiger partial charge on any atom is -0.495 e. The smallest absolute Gasteiger partial charge is 0.319 e. The number of methoxy groups -OCH3 is 1. The average molecular weight is 280 g/mol. The molecule has 0 bridgehead atoms. The van der Waals surface area contributed by atoms with Crippen molar-refractivity contribution in [3.63, 3.8) is 0 Å². The Labute approximate surface area is 118 Å². The van der Waals surface area contributed by atoms with E-state index in [0.717, 1.165) is 5.56 Å². The Morgan fingerprint density at radius 3 is 3.00 bits per heavy atom. The molecule has 0 unspecified atom stereocenters. The van der Waals surface area contributed by atoms with E-state index in [9.17, 15) is 4.79 Å². The fraction of sp³-hybridized carbons (Fsp3) is 0.500. The lowest BCUT2D eigenvalue weighted by atomic mass is 10.2. The summed E-state index contributed by atoms with van der Waals surface area (Å²) in [6, 6.07) is 5.31. The number of hydrogen-bond donors (Lipinski definition) is 2. The van der Waals surface area contributed by atoms with E-state index in [1.807, 2.05) is 19.1 Å². The van der Waals surface area contributed by atoms with Gasteiger partial charge >= 0.3 is 6.03 Å². The third kappa shape index (κ3) is 3.85. The van der Waals surface area contributed by atoms with E-state index >= 15 is 0 Å². The van der Waals surface area contributed by atoms with Crippen molar-refractivity contribution in [3.8, 4) is 5.75 Å². The minimum absolute atomic E-state index is 0.0896. The first-order valence-corrected chi connectivity index (χ1v) is 6.58. The second-order valence-corrected chi connectivity index (χ2v) is 4.55. The van der Waals surface area contributed by atoms with Gasteiger partial charge in [0.15, 0.2) is 0 Å². The van der Waals surface area contributed by atoms with Gasteiger partial charge in [0.25, 0.3) is 0 Å². The van der Waals surface area contributed by atoms with Gasteiger partial charge < -0.3 is 24.8 Å². The summed E-state index contributed by atoms with van der Waals surface area (Å²) in [6.07, 6.45) is -0.0896. The van der Waals surface area contributed by atoms with Crippen LogP contribution >= 0.6 is 0 Å². The second-order valence-electron chi connectivity index (χ2n) is 4.55. The summed E-state index contributed by atoms with van der Waals surface area (Å²) in [5.74, 6) is 0.636. The van der Waals surface area contributed by atoms with Crippen molar-refractivity contribution in [2.75, 3.05) is 38.8 Å². The van der Waals surface area contributed by atoms with E-state index in [2.05, 4.69) is 10.6 Å². The van der Waals surface area contributed by atoms with Crippen molar-refractivity contribution < 1.29 is 19.0 Å². The Bertz CT molecular complexity index is 458. The first-order chi connectivity index (χ1) is 9.70. The number of benzene rings is 1. The van der Waals surface area contributed by atoms with Gasteiger partial charge in [-0.25, -0.2) is 4.79 Å². The van der Waals surface area contributed by atoms with Crippen molar-refractivity contribution in [3.05, 3.63) is 23.8 Å². The quantitative estimate of drug-likeness (QED) is 0.878. The lowest BCUT2D eigenvalue weighted by Crippen LogP contribution is -2.41. The number of ether oxygens (including phenoxy) is 3. The molecule has 1 atom stereocenters. The topological polar surface area (TPSA) is 68.8 Å². The maximum absolute atomic E-state index is 11.9. The Balaban J connectivity index is 1.88. The van der Waals surface area contributed by atoms with Gasteiger partial charge in [0.05, 0.1) is 38.7 Å². The summed E-state index contributed by atoms with van der Waals surface area (Å²) >= 11 is 0.